The molecular formula is C15H21N5O. The molecule has 21 heavy (non-hydrogen) atoms. The molecule has 1 aromatic carbocycles. The van der Waals surface area contributed by atoms with Crippen molar-refractivity contribution < 1.29 is 4.79 Å². The van der Waals surface area contributed by atoms with Gasteiger partial charge in [-0.3, -0.25) is 14.8 Å². The van der Waals surface area contributed by atoms with Crippen molar-refractivity contribution in [1.82, 2.24) is 25.4 Å². The topological polar surface area (TPSA) is 73.9 Å². The standard InChI is InChI=1S/C15H21N5O/c1-10-7-5-6-8-12(10)14(20(3)4)15(21)16-9-13-17-11(2)18-19-13/h5-8,14H,9H2,1-4H3,(H,16,21)(H,17,18,19)/t14-/m0/s1. The fourth-order valence-corrected chi connectivity index (χ4v) is 2.28. The SMILES string of the molecule is Cc1nc(CNC(=O)[C@H](c2ccccc2C)N(C)C)n[nH]1. The second-order valence-corrected chi connectivity index (χ2v) is 5.28. The maximum absolute atomic E-state index is 12.5. The van der Waals surface area contributed by atoms with Crippen LogP contribution in [0.4, 0.5) is 0 Å². The Morgan fingerprint density at radius 1 is 1.33 bits per heavy atom. The summed E-state index contributed by atoms with van der Waals surface area (Å²) in [6.07, 6.45) is 0. The van der Waals surface area contributed by atoms with E-state index in [1.807, 2.05) is 57.1 Å². The molecule has 1 atom stereocenters. The van der Waals surface area contributed by atoms with Gasteiger partial charge in [-0.1, -0.05) is 24.3 Å². The van der Waals surface area contributed by atoms with E-state index in [-0.39, 0.29) is 11.9 Å². The summed E-state index contributed by atoms with van der Waals surface area (Å²) >= 11 is 0. The molecule has 6 nitrogen and oxygen atoms in total. The Morgan fingerprint density at radius 3 is 2.62 bits per heavy atom. The number of likely N-dealkylation sites (N-methyl/N-ethyl adjacent to an activating group) is 1. The highest BCUT2D eigenvalue weighted by molar-refractivity contribution is 5.83. The molecule has 0 saturated carbocycles. The lowest BCUT2D eigenvalue weighted by molar-refractivity contribution is -0.126. The fourth-order valence-electron chi connectivity index (χ4n) is 2.28. The Morgan fingerprint density at radius 2 is 2.05 bits per heavy atom. The van der Waals surface area contributed by atoms with Gasteiger partial charge in [0, 0.05) is 0 Å². The Hall–Kier alpha value is -2.21. The molecule has 2 rings (SSSR count). The summed E-state index contributed by atoms with van der Waals surface area (Å²) in [5.41, 5.74) is 2.10. The molecule has 0 fully saturated rings. The van der Waals surface area contributed by atoms with Gasteiger partial charge in [0.1, 0.15) is 11.9 Å². The largest absolute Gasteiger partial charge is 0.347 e. The molecule has 2 N–H and O–H groups in total. The molecule has 6 heteroatoms. The minimum Gasteiger partial charge on any atom is -0.347 e. The molecule has 0 radical (unpaired) electrons. The second-order valence-electron chi connectivity index (χ2n) is 5.28. The molecule has 1 aromatic heterocycles. The van der Waals surface area contributed by atoms with Crippen LogP contribution in [0.5, 0.6) is 0 Å². The van der Waals surface area contributed by atoms with Crippen LogP contribution in [0, 0.1) is 13.8 Å². The monoisotopic (exact) mass is 287 g/mol. The number of nitrogens with zero attached hydrogens (tertiary/aromatic N) is 3. The van der Waals surface area contributed by atoms with Gasteiger partial charge < -0.3 is 5.32 Å². The number of amides is 1. The molecule has 1 amide bonds. The van der Waals surface area contributed by atoms with Gasteiger partial charge in [-0.2, -0.15) is 5.10 Å². The quantitative estimate of drug-likeness (QED) is 0.870. The summed E-state index contributed by atoms with van der Waals surface area (Å²) in [6, 6.07) is 7.59. The van der Waals surface area contributed by atoms with Crippen LogP contribution in [0.2, 0.25) is 0 Å². The van der Waals surface area contributed by atoms with E-state index in [0.29, 0.717) is 12.4 Å². The van der Waals surface area contributed by atoms with Crippen molar-refractivity contribution in [2.24, 2.45) is 0 Å². The van der Waals surface area contributed by atoms with E-state index in [1.165, 1.54) is 0 Å². The van der Waals surface area contributed by atoms with E-state index in [9.17, 15) is 4.79 Å². The third kappa shape index (κ3) is 3.66. The second kappa shape index (κ2) is 6.49. The van der Waals surface area contributed by atoms with Crippen LogP contribution in [0.3, 0.4) is 0 Å². The summed E-state index contributed by atoms with van der Waals surface area (Å²) in [4.78, 5) is 18.6. The number of hydrogen-bond donors (Lipinski definition) is 2. The minimum atomic E-state index is -0.328. The molecular weight excluding hydrogens is 266 g/mol. The van der Waals surface area contributed by atoms with Crippen LogP contribution >= 0.6 is 0 Å². The molecule has 112 valence electrons. The van der Waals surface area contributed by atoms with Gasteiger partial charge in [0.2, 0.25) is 5.91 Å². The Labute approximate surface area is 124 Å². The van der Waals surface area contributed by atoms with E-state index in [4.69, 9.17) is 0 Å². The highest BCUT2D eigenvalue weighted by atomic mass is 16.2. The van der Waals surface area contributed by atoms with Gasteiger partial charge in [-0.05, 0) is 39.1 Å². The molecule has 0 aliphatic carbocycles. The van der Waals surface area contributed by atoms with Gasteiger partial charge in [0.15, 0.2) is 5.82 Å². The number of carbonyl (C=O) groups is 1. The maximum Gasteiger partial charge on any atom is 0.242 e. The summed E-state index contributed by atoms with van der Waals surface area (Å²) in [5, 5.41) is 9.67. The molecule has 1 heterocycles. The molecule has 0 aliphatic heterocycles. The fraction of sp³-hybridized carbons (Fsp3) is 0.400. The lowest BCUT2D eigenvalue weighted by Crippen LogP contribution is -2.37. The normalized spacial score (nSPS) is 12.4. The van der Waals surface area contributed by atoms with Crippen LogP contribution in [-0.2, 0) is 11.3 Å². The third-order valence-electron chi connectivity index (χ3n) is 3.31. The molecule has 2 aromatic rings. The van der Waals surface area contributed by atoms with Crippen molar-refractivity contribution in [2.75, 3.05) is 14.1 Å². The van der Waals surface area contributed by atoms with Crippen LogP contribution in [-0.4, -0.2) is 40.1 Å². The number of rotatable bonds is 5. The summed E-state index contributed by atoms with van der Waals surface area (Å²) < 4.78 is 0. The van der Waals surface area contributed by atoms with Gasteiger partial charge in [0.25, 0.3) is 0 Å². The van der Waals surface area contributed by atoms with Crippen molar-refractivity contribution in [3.63, 3.8) is 0 Å². The predicted octanol–water partition coefficient (Wildman–Crippen LogP) is 1.34. The zero-order valence-electron chi connectivity index (χ0n) is 12.8. The van der Waals surface area contributed by atoms with E-state index in [1.54, 1.807) is 0 Å². The van der Waals surface area contributed by atoms with Crippen molar-refractivity contribution in [2.45, 2.75) is 26.4 Å². The number of aryl methyl sites for hydroxylation is 2. The van der Waals surface area contributed by atoms with Crippen molar-refractivity contribution in [3.8, 4) is 0 Å². The number of carbonyl (C=O) groups excluding carboxylic acids is 1. The molecule has 0 unspecified atom stereocenters. The van der Waals surface area contributed by atoms with E-state index < -0.39 is 0 Å². The first-order valence-electron chi connectivity index (χ1n) is 6.86. The number of benzene rings is 1. The third-order valence-corrected chi connectivity index (χ3v) is 3.31. The van der Waals surface area contributed by atoms with Gasteiger partial charge in [-0.25, -0.2) is 4.98 Å². The number of aromatic amines is 1. The number of H-pyrrole nitrogens is 1. The first-order valence-corrected chi connectivity index (χ1v) is 6.86. The molecule has 0 saturated heterocycles. The lowest BCUT2D eigenvalue weighted by Gasteiger charge is -2.25. The maximum atomic E-state index is 12.5. The smallest absolute Gasteiger partial charge is 0.242 e. The molecule has 0 aliphatic rings. The zero-order valence-corrected chi connectivity index (χ0v) is 12.8. The number of hydrogen-bond acceptors (Lipinski definition) is 4. The van der Waals surface area contributed by atoms with Gasteiger partial charge in [0.05, 0.1) is 6.54 Å². The first-order chi connectivity index (χ1) is 9.99. The molecule has 0 bridgehead atoms. The molecule has 0 spiro atoms. The van der Waals surface area contributed by atoms with Crippen LogP contribution in [0.1, 0.15) is 28.8 Å². The van der Waals surface area contributed by atoms with Crippen LogP contribution in [0.25, 0.3) is 0 Å². The average molecular weight is 287 g/mol. The highest BCUT2D eigenvalue weighted by Gasteiger charge is 2.24. The summed E-state index contributed by atoms with van der Waals surface area (Å²) in [7, 11) is 3.79. The first kappa shape index (κ1) is 15.2. The number of nitrogens with one attached hydrogen (secondary N) is 2. The van der Waals surface area contributed by atoms with Crippen molar-refractivity contribution in [3.05, 3.63) is 47.0 Å². The Bertz CT molecular complexity index is 620. The lowest BCUT2D eigenvalue weighted by atomic mass is 10.00. The van der Waals surface area contributed by atoms with E-state index in [0.717, 1.165) is 17.0 Å². The van der Waals surface area contributed by atoms with Crippen molar-refractivity contribution >= 4 is 5.91 Å². The van der Waals surface area contributed by atoms with Crippen LogP contribution < -0.4 is 5.32 Å². The average Bonchev–Trinajstić information content (AvgIpc) is 2.84. The van der Waals surface area contributed by atoms with Gasteiger partial charge >= 0.3 is 0 Å². The van der Waals surface area contributed by atoms with Crippen molar-refractivity contribution in [1.29, 1.82) is 0 Å². The van der Waals surface area contributed by atoms with Crippen LogP contribution in [0.15, 0.2) is 24.3 Å². The van der Waals surface area contributed by atoms with Gasteiger partial charge in [-0.15, -0.1) is 0 Å². The van der Waals surface area contributed by atoms with E-state index in [2.05, 4.69) is 20.5 Å². The van der Waals surface area contributed by atoms with E-state index >= 15 is 0 Å². The number of aromatic nitrogens is 3. The summed E-state index contributed by atoms with van der Waals surface area (Å²) in [6.45, 7) is 4.16. The summed E-state index contributed by atoms with van der Waals surface area (Å²) in [5.74, 6) is 1.27. The highest BCUT2D eigenvalue weighted by Crippen LogP contribution is 2.21. The zero-order chi connectivity index (χ0) is 15.4. The Kier molecular flexibility index (Phi) is 4.70. The predicted molar refractivity (Wildman–Crippen MR) is 80.6 cm³/mol. The minimum absolute atomic E-state index is 0.0586. The Balaban J connectivity index is 2.11.